The molecule has 122 valence electrons. The van der Waals surface area contributed by atoms with E-state index in [9.17, 15) is 9.18 Å². The Bertz CT molecular complexity index is 703. The van der Waals surface area contributed by atoms with E-state index in [4.69, 9.17) is 25.8 Å². The average Bonchev–Trinajstić information content (AvgIpc) is 2.54. The second-order valence-electron chi connectivity index (χ2n) is 4.61. The van der Waals surface area contributed by atoms with E-state index in [1.54, 1.807) is 31.2 Å². The number of methoxy groups -OCH3 is 1. The number of carbonyl (C=O) groups is 1. The molecule has 0 bridgehead atoms. The zero-order chi connectivity index (χ0) is 16.8. The number of esters is 1. The highest BCUT2D eigenvalue weighted by Gasteiger charge is 2.12. The molecule has 0 aliphatic rings. The first-order valence-electron chi connectivity index (χ1n) is 6.97. The third-order valence-corrected chi connectivity index (χ3v) is 3.42. The van der Waals surface area contributed by atoms with E-state index < -0.39 is 11.8 Å². The van der Waals surface area contributed by atoms with Gasteiger partial charge >= 0.3 is 5.97 Å². The van der Waals surface area contributed by atoms with Gasteiger partial charge in [0.15, 0.2) is 11.5 Å². The Hall–Kier alpha value is -2.27. The van der Waals surface area contributed by atoms with Crippen molar-refractivity contribution >= 4 is 17.6 Å². The molecule has 0 aromatic heterocycles. The molecule has 0 spiro atoms. The minimum atomic E-state index is -0.432. The van der Waals surface area contributed by atoms with Gasteiger partial charge in [-0.15, -0.1) is 0 Å². The van der Waals surface area contributed by atoms with Crippen LogP contribution in [-0.4, -0.2) is 19.7 Å². The number of rotatable bonds is 6. The van der Waals surface area contributed by atoms with Crippen LogP contribution in [0.1, 0.15) is 22.8 Å². The highest BCUT2D eigenvalue weighted by Crippen LogP contribution is 2.30. The van der Waals surface area contributed by atoms with Crippen molar-refractivity contribution in [1.29, 1.82) is 0 Å². The van der Waals surface area contributed by atoms with Crippen molar-refractivity contribution < 1.29 is 23.4 Å². The number of halogens is 2. The van der Waals surface area contributed by atoms with E-state index in [0.717, 1.165) is 0 Å². The molecule has 0 amide bonds. The molecule has 2 rings (SSSR count). The first-order chi connectivity index (χ1) is 11.0. The number of hydrogen-bond donors (Lipinski definition) is 0. The Morgan fingerprint density at radius 2 is 1.96 bits per heavy atom. The molecule has 0 atom stereocenters. The Morgan fingerprint density at radius 1 is 1.17 bits per heavy atom. The summed E-state index contributed by atoms with van der Waals surface area (Å²) in [6, 6.07) is 8.83. The minimum Gasteiger partial charge on any atom is -0.493 e. The molecule has 23 heavy (non-hydrogen) atoms. The molecule has 0 saturated heterocycles. The average molecular weight is 339 g/mol. The third-order valence-electron chi connectivity index (χ3n) is 3.07. The van der Waals surface area contributed by atoms with E-state index in [0.29, 0.717) is 29.2 Å². The molecule has 0 radical (unpaired) electrons. The second kappa shape index (κ2) is 7.83. The lowest BCUT2D eigenvalue weighted by atomic mass is 10.2. The van der Waals surface area contributed by atoms with Gasteiger partial charge in [-0.25, -0.2) is 9.18 Å². The number of carbonyl (C=O) groups excluding carboxylic acids is 1. The largest absolute Gasteiger partial charge is 0.493 e. The lowest BCUT2D eigenvalue weighted by Gasteiger charge is -2.12. The summed E-state index contributed by atoms with van der Waals surface area (Å²) in [4.78, 5) is 11.7. The summed E-state index contributed by atoms with van der Waals surface area (Å²) in [7, 11) is 1.47. The number of ether oxygens (including phenoxy) is 3. The molecule has 0 unspecified atom stereocenters. The first-order valence-corrected chi connectivity index (χ1v) is 7.34. The van der Waals surface area contributed by atoms with Crippen molar-refractivity contribution in [3.05, 3.63) is 58.4 Å². The van der Waals surface area contributed by atoms with Gasteiger partial charge in [-0.1, -0.05) is 17.7 Å². The summed E-state index contributed by atoms with van der Waals surface area (Å²) in [5.41, 5.74) is 1.01. The van der Waals surface area contributed by atoms with Crippen LogP contribution in [0.3, 0.4) is 0 Å². The van der Waals surface area contributed by atoms with Crippen LogP contribution >= 0.6 is 11.6 Å². The third kappa shape index (κ3) is 4.36. The topological polar surface area (TPSA) is 44.8 Å². The lowest BCUT2D eigenvalue weighted by molar-refractivity contribution is 0.0526. The van der Waals surface area contributed by atoms with Gasteiger partial charge in [-0.2, -0.15) is 0 Å². The fraction of sp³-hybridized carbons (Fsp3) is 0.235. The molecule has 0 heterocycles. The highest BCUT2D eigenvalue weighted by molar-refractivity contribution is 6.31. The molecule has 0 aliphatic heterocycles. The molecule has 0 aliphatic carbocycles. The van der Waals surface area contributed by atoms with Crippen LogP contribution < -0.4 is 9.47 Å². The Balaban J connectivity index is 2.14. The zero-order valence-corrected chi connectivity index (χ0v) is 13.5. The predicted octanol–water partition coefficient (Wildman–Crippen LogP) is 4.24. The van der Waals surface area contributed by atoms with Crippen LogP contribution in [0, 0.1) is 5.82 Å². The van der Waals surface area contributed by atoms with Crippen molar-refractivity contribution in [3.63, 3.8) is 0 Å². The Labute approximate surface area is 138 Å². The van der Waals surface area contributed by atoms with E-state index in [2.05, 4.69) is 0 Å². The molecule has 2 aromatic rings. The number of hydrogen-bond acceptors (Lipinski definition) is 4. The van der Waals surface area contributed by atoms with Crippen LogP contribution in [-0.2, 0) is 11.3 Å². The van der Waals surface area contributed by atoms with E-state index in [-0.39, 0.29) is 11.6 Å². The lowest BCUT2D eigenvalue weighted by Crippen LogP contribution is -2.05. The summed E-state index contributed by atoms with van der Waals surface area (Å²) in [5.74, 6) is 0.00350. The molecule has 6 heteroatoms. The van der Waals surface area contributed by atoms with Crippen molar-refractivity contribution in [1.82, 2.24) is 0 Å². The van der Waals surface area contributed by atoms with Crippen LogP contribution in [0.25, 0.3) is 0 Å². The molecule has 0 saturated carbocycles. The summed E-state index contributed by atoms with van der Waals surface area (Å²) in [6.45, 7) is 2.18. The van der Waals surface area contributed by atoms with Gasteiger partial charge in [0.1, 0.15) is 12.4 Å². The fourth-order valence-corrected chi connectivity index (χ4v) is 2.14. The van der Waals surface area contributed by atoms with Gasteiger partial charge in [0.25, 0.3) is 0 Å². The smallest absolute Gasteiger partial charge is 0.338 e. The molecule has 0 N–H and O–H groups in total. The van der Waals surface area contributed by atoms with Gasteiger partial charge < -0.3 is 14.2 Å². The van der Waals surface area contributed by atoms with E-state index >= 15 is 0 Å². The maximum absolute atomic E-state index is 13.0. The molecule has 4 nitrogen and oxygen atoms in total. The molecule has 2 aromatic carbocycles. The molecule has 0 fully saturated rings. The summed E-state index contributed by atoms with van der Waals surface area (Å²) in [6.07, 6.45) is 0. The summed E-state index contributed by atoms with van der Waals surface area (Å²) < 4.78 is 28.8. The Kier molecular flexibility index (Phi) is 5.82. The van der Waals surface area contributed by atoms with Crippen LogP contribution in [0.15, 0.2) is 36.4 Å². The van der Waals surface area contributed by atoms with Gasteiger partial charge in [0.2, 0.25) is 0 Å². The quantitative estimate of drug-likeness (QED) is 0.739. The summed E-state index contributed by atoms with van der Waals surface area (Å²) in [5, 5.41) is 0.284. The van der Waals surface area contributed by atoms with Crippen LogP contribution in [0.5, 0.6) is 11.5 Å². The van der Waals surface area contributed by atoms with Crippen molar-refractivity contribution in [2.45, 2.75) is 13.5 Å². The van der Waals surface area contributed by atoms with Crippen molar-refractivity contribution in [2.75, 3.05) is 13.7 Å². The maximum Gasteiger partial charge on any atom is 0.338 e. The normalized spacial score (nSPS) is 10.3. The van der Waals surface area contributed by atoms with Gasteiger partial charge in [0, 0.05) is 5.56 Å². The van der Waals surface area contributed by atoms with E-state index in [1.807, 2.05) is 0 Å². The monoisotopic (exact) mass is 338 g/mol. The minimum absolute atomic E-state index is 0.147. The SMILES string of the molecule is CCOC(=O)c1ccc(OCc2ccc(F)cc2Cl)c(OC)c1. The predicted molar refractivity (Wildman–Crippen MR) is 84.7 cm³/mol. The first kappa shape index (κ1) is 17.1. The van der Waals surface area contributed by atoms with Crippen molar-refractivity contribution in [2.24, 2.45) is 0 Å². The summed E-state index contributed by atoms with van der Waals surface area (Å²) >= 11 is 5.96. The standard InChI is InChI=1S/C17H16ClFO4/c1-3-22-17(20)11-5-7-15(16(8-11)21-2)23-10-12-4-6-13(19)9-14(12)18/h4-9H,3,10H2,1-2H3. The van der Waals surface area contributed by atoms with Gasteiger partial charge in [-0.05, 0) is 37.3 Å². The van der Waals surface area contributed by atoms with Crippen LogP contribution in [0.4, 0.5) is 4.39 Å². The highest BCUT2D eigenvalue weighted by atomic mass is 35.5. The molecular weight excluding hydrogens is 323 g/mol. The number of benzene rings is 2. The Morgan fingerprint density at radius 3 is 2.61 bits per heavy atom. The van der Waals surface area contributed by atoms with Crippen LogP contribution in [0.2, 0.25) is 5.02 Å². The second-order valence-corrected chi connectivity index (χ2v) is 5.02. The van der Waals surface area contributed by atoms with Gasteiger partial charge in [0.05, 0.1) is 24.3 Å². The fourth-order valence-electron chi connectivity index (χ4n) is 1.92. The molecular formula is C17H16ClFO4. The maximum atomic E-state index is 13.0. The van der Waals surface area contributed by atoms with Gasteiger partial charge in [-0.3, -0.25) is 0 Å². The van der Waals surface area contributed by atoms with Crippen molar-refractivity contribution in [3.8, 4) is 11.5 Å². The van der Waals surface area contributed by atoms with E-state index in [1.165, 1.54) is 19.2 Å². The zero-order valence-electron chi connectivity index (χ0n) is 12.8.